The normalized spacial score (nSPS) is 18.6. The summed E-state index contributed by atoms with van der Waals surface area (Å²) in [6.07, 6.45) is 1.48. The Labute approximate surface area is 140 Å². The minimum absolute atomic E-state index is 0.117. The second-order valence-electron chi connectivity index (χ2n) is 6.53. The Bertz CT molecular complexity index is 586. The fourth-order valence-corrected chi connectivity index (χ4v) is 3.73. The topological polar surface area (TPSA) is 72.7 Å². The van der Waals surface area contributed by atoms with Crippen molar-refractivity contribution < 1.29 is 14.5 Å². The molecule has 0 spiro atoms. The Kier molecular flexibility index (Phi) is 5.51. The molecule has 6 nitrogen and oxygen atoms in total. The molecule has 126 valence electrons. The molecule has 23 heavy (non-hydrogen) atoms. The molecule has 7 heteroatoms. The maximum atomic E-state index is 12.2. The third kappa shape index (κ3) is 5.13. The Morgan fingerprint density at radius 1 is 1.39 bits per heavy atom. The van der Waals surface area contributed by atoms with Crippen molar-refractivity contribution in [1.82, 2.24) is 4.90 Å². The fraction of sp³-hybridized carbons (Fsp3) is 0.562. The van der Waals surface area contributed by atoms with Crippen LogP contribution in [0, 0.1) is 10.1 Å². The Morgan fingerprint density at radius 3 is 2.74 bits per heavy atom. The molecule has 0 saturated carbocycles. The maximum Gasteiger partial charge on any atom is 0.410 e. The first kappa shape index (κ1) is 17.6. The van der Waals surface area contributed by atoms with Crippen LogP contribution >= 0.6 is 11.8 Å². The fourth-order valence-electron chi connectivity index (χ4n) is 2.41. The minimum Gasteiger partial charge on any atom is -0.444 e. The molecule has 1 amide bonds. The number of nitrogens with zero attached hydrogens (tertiary/aromatic N) is 2. The number of ether oxygens (including phenoxy) is 1. The van der Waals surface area contributed by atoms with Gasteiger partial charge in [-0.15, -0.1) is 11.8 Å². The number of nitro benzene ring substituents is 1. The van der Waals surface area contributed by atoms with Gasteiger partial charge in [-0.25, -0.2) is 4.79 Å². The molecule has 0 radical (unpaired) electrons. The van der Waals surface area contributed by atoms with Gasteiger partial charge in [0, 0.05) is 24.4 Å². The molecule has 1 unspecified atom stereocenters. The van der Waals surface area contributed by atoms with Gasteiger partial charge in [0.25, 0.3) is 5.69 Å². The predicted octanol–water partition coefficient (Wildman–Crippen LogP) is 4.09. The number of thioether (sulfide) groups is 1. The third-order valence-electron chi connectivity index (χ3n) is 3.39. The Hall–Kier alpha value is -1.76. The van der Waals surface area contributed by atoms with Crippen LogP contribution in [0.1, 0.15) is 33.6 Å². The third-order valence-corrected chi connectivity index (χ3v) is 4.70. The molecule has 1 saturated heterocycles. The molecule has 2 rings (SSSR count). The number of carbonyl (C=O) groups is 1. The highest BCUT2D eigenvalue weighted by atomic mass is 32.2. The summed E-state index contributed by atoms with van der Waals surface area (Å²) in [5, 5.41) is 11.2. The Balaban J connectivity index is 2.02. The highest BCUT2D eigenvalue weighted by Gasteiger charge is 2.29. The van der Waals surface area contributed by atoms with Gasteiger partial charge >= 0.3 is 6.09 Å². The van der Waals surface area contributed by atoms with Crippen LogP contribution in [0.3, 0.4) is 0 Å². The summed E-state index contributed by atoms with van der Waals surface area (Å²) in [7, 11) is 0. The number of nitro groups is 1. The minimum atomic E-state index is -0.518. The van der Waals surface area contributed by atoms with Gasteiger partial charge in [0.2, 0.25) is 0 Å². The Morgan fingerprint density at radius 2 is 2.09 bits per heavy atom. The molecule has 1 aromatic carbocycles. The van der Waals surface area contributed by atoms with Crippen LogP contribution in [0.2, 0.25) is 0 Å². The van der Waals surface area contributed by atoms with Gasteiger partial charge in [0.15, 0.2) is 0 Å². The largest absolute Gasteiger partial charge is 0.444 e. The predicted molar refractivity (Wildman–Crippen MR) is 89.8 cm³/mol. The zero-order chi connectivity index (χ0) is 17.0. The van der Waals surface area contributed by atoms with Crippen molar-refractivity contribution in [3.05, 3.63) is 34.4 Å². The van der Waals surface area contributed by atoms with Crippen molar-refractivity contribution in [1.29, 1.82) is 0 Å². The molecule has 1 aliphatic heterocycles. The standard InChI is InChI=1S/C16H22N2O4S/c1-16(2,3)22-15(19)17-10-6-7-12(11-17)23-14-9-5-4-8-13(14)18(20)21/h4-5,8-9,12H,6-7,10-11H2,1-3H3. The van der Waals surface area contributed by atoms with E-state index in [0.717, 1.165) is 12.8 Å². The lowest BCUT2D eigenvalue weighted by molar-refractivity contribution is -0.387. The molecule has 1 aromatic rings. The van der Waals surface area contributed by atoms with Crippen molar-refractivity contribution >= 4 is 23.5 Å². The number of para-hydroxylation sites is 1. The lowest BCUT2D eigenvalue weighted by Crippen LogP contribution is -2.43. The van der Waals surface area contributed by atoms with E-state index in [4.69, 9.17) is 4.74 Å². The second kappa shape index (κ2) is 7.21. The van der Waals surface area contributed by atoms with Crippen LogP contribution < -0.4 is 0 Å². The number of benzene rings is 1. The first-order valence-corrected chi connectivity index (χ1v) is 8.52. The summed E-state index contributed by atoms with van der Waals surface area (Å²) in [5.74, 6) is 0. The molecule has 0 aromatic heterocycles. The van der Waals surface area contributed by atoms with E-state index in [0.29, 0.717) is 18.0 Å². The zero-order valence-electron chi connectivity index (χ0n) is 13.7. The molecule has 1 aliphatic rings. The first-order chi connectivity index (χ1) is 10.8. The van der Waals surface area contributed by atoms with E-state index in [1.165, 1.54) is 17.8 Å². The van der Waals surface area contributed by atoms with E-state index < -0.39 is 5.60 Å². The van der Waals surface area contributed by atoms with Gasteiger partial charge < -0.3 is 9.64 Å². The molecule has 1 atom stereocenters. The molecule has 0 N–H and O–H groups in total. The van der Waals surface area contributed by atoms with Crippen molar-refractivity contribution in [2.75, 3.05) is 13.1 Å². The summed E-state index contributed by atoms with van der Waals surface area (Å²) in [6.45, 7) is 6.74. The average Bonchev–Trinajstić information content (AvgIpc) is 2.46. The van der Waals surface area contributed by atoms with Crippen LogP contribution in [0.5, 0.6) is 0 Å². The lowest BCUT2D eigenvalue weighted by atomic mass is 10.1. The smallest absolute Gasteiger partial charge is 0.410 e. The van der Waals surface area contributed by atoms with Gasteiger partial charge in [0.05, 0.1) is 9.82 Å². The van der Waals surface area contributed by atoms with Gasteiger partial charge in [-0.3, -0.25) is 10.1 Å². The lowest BCUT2D eigenvalue weighted by Gasteiger charge is -2.33. The monoisotopic (exact) mass is 338 g/mol. The number of likely N-dealkylation sites (tertiary alicyclic amines) is 1. The first-order valence-electron chi connectivity index (χ1n) is 7.64. The summed E-state index contributed by atoms with van der Waals surface area (Å²) < 4.78 is 5.41. The van der Waals surface area contributed by atoms with Gasteiger partial charge in [0.1, 0.15) is 5.60 Å². The van der Waals surface area contributed by atoms with Crippen LogP contribution in [0.15, 0.2) is 29.2 Å². The average molecular weight is 338 g/mol. The second-order valence-corrected chi connectivity index (χ2v) is 7.88. The number of piperidine rings is 1. The van der Waals surface area contributed by atoms with E-state index in [1.807, 2.05) is 20.8 Å². The van der Waals surface area contributed by atoms with Crippen LogP contribution in [0.4, 0.5) is 10.5 Å². The van der Waals surface area contributed by atoms with E-state index in [9.17, 15) is 14.9 Å². The zero-order valence-corrected chi connectivity index (χ0v) is 14.5. The number of carbonyl (C=O) groups excluding carboxylic acids is 1. The number of hydrogen-bond acceptors (Lipinski definition) is 5. The highest BCUT2D eigenvalue weighted by Crippen LogP contribution is 2.35. The maximum absolute atomic E-state index is 12.2. The molecule has 0 bridgehead atoms. The molecule has 1 fully saturated rings. The van der Waals surface area contributed by atoms with Crippen molar-refractivity contribution in [2.24, 2.45) is 0 Å². The van der Waals surface area contributed by atoms with Crippen LogP contribution in [0.25, 0.3) is 0 Å². The molecular weight excluding hydrogens is 316 g/mol. The summed E-state index contributed by atoms with van der Waals surface area (Å²) >= 11 is 1.47. The molecule has 1 heterocycles. The van der Waals surface area contributed by atoms with Crippen molar-refractivity contribution in [3.8, 4) is 0 Å². The number of hydrogen-bond donors (Lipinski definition) is 0. The van der Waals surface area contributed by atoms with Crippen LogP contribution in [-0.2, 0) is 4.74 Å². The molecule has 0 aliphatic carbocycles. The van der Waals surface area contributed by atoms with Gasteiger partial charge in [-0.2, -0.15) is 0 Å². The van der Waals surface area contributed by atoms with E-state index in [-0.39, 0.29) is 22.0 Å². The van der Waals surface area contributed by atoms with Crippen LogP contribution in [-0.4, -0.2) is 39.9 Å². The van der Waals surface area contributed by atoms with Gasteiger partial charge in [-0.05, 0) is 39.7 Å². The van der Waals surface area contributed by atoms with Crippen molar-refractivity contribution in [2.45, 2.75) is 49.4 Å². The van der Waals surface area contributed by atoms with E-state index >= 15 is 0 Å². The van der Waals surface area contributed by atoms with E-state index in [1.54, 1.807) is 23.1 Å². The highest BCUT2D eigenvalue weighted by molar-refractivity contribution is 8.00. The summed E-state index contributed by atoms with van der Waals surface area (Å²) in [6, 6.07) is 6.73. The van der Waals surface area contributed by atoms with Gasteiger partial charge in [-0.1, -0.05) is 12.1 Å². The van der Waals surface area contributed by atoms with E-state index in [2.05, 4.69) is 0 Å². The molecular formula is C16H22N2O4S. The summed E-state index contributed by atoms with van der Waals surface area (Å²) in [4.78, 5) is 25.3. The number of rotatable bonds is 3. The summed E-state index contributed by atoms with van der Waals surface area (Å²) in [5.41, 5.74) is -0.401. The number of amides is 1. The SMILES string of the molecule is CC(C)(C)OC(=O)N1CCCC(Sc2ccccc2[N+](=O)[O-])C1. The van der Waals surface area contributed by atoms with Crippen molar-refractivity contribution in [3.63, 3.8) is 0 Å². The quantitative estimate of drug-likeness (QED) is 0.613.